The molecule has 1 rings (SSSR count). The van der Waals surface area contributed by atoms with Crippen LogP contribution in [0.1, 0.15) is 12.5 Å². The Morgan fingerprint density at radius 2 is 2.04 bits per heavy atom. The van der Waals surface area contributed by atoms with Gasteiger partial charge >= 0.3 is 0 Å². The molecule has 0 fully saturated rings. The van der Waals surface area contributed by atoms with Crippen molar-refractivity contribution in [1.82, 2.24) is 15.4 Å². The van der Waals surface area contributed by atoms with Crippen molar-refractivity contribution in [3.63, 3.8) is 0 Å². The first-order valence-electron chi connectivity index (χ1n) is 7.75. The second-order valence-corrected chi connectivity index (χ2v) is 6.95. The number of hydrogen-bond acceptors (Lipinski definition) is 4. The monoisotopic (exact) mass is 354 g/mol. The van der Waals surface area contributed by atoms with Crippen LogP contribution in [0, 0.1) is 0 Å². The van der Waals surface area contributed by atoms with Gasteiger partial charge in [-0.3, -0.25) is 4.99 Å². The van der Waals surface area contributed by atoms with E-state index in [1.54, 1.807) is 20.0 Å². The van der Waals surface area contributed by atoms with Gasteiger partial charge in [-0.25, -0.2) is 13.1 Å². The fraction of sp³-hybridized carbons (Fsp3) is 0.438. The average molecular weight is 354 g/mol. The van der Waals surface area contributed by atoms with Crippen molar-refractivity contribution in [2.75, 3.05) is 32.5 Å². The van der Waals surface area contributed by atoms with Crippen molar-refractivity contribution in [3.8, 4) is 5.75 Å². The summed E-state index contributed by atoms with van der Waals surface area (Å²) in [4.78, 5) is 4.11. The molecule has 0 aliphatic heterocycles. The predicted octanol–water partition coefficient (Wildman–Crippen LogP) is 0.856. The Morgan fingerprint density at radius 1 is 1.29 bits per heavy atom. The molecular formula is C16H26N4O3S. The minimum Gasteiger partial charge on any atom is -0.489 e. The molecule has 0 aliphatic rings. The van der Waals surface area contributed by atoms with Gasteiger partial charge in [-0.1, -0.05) is 30.9 Å². The van der Waals surface area contributed by atoms with Crippen molar-refractivity contribution in [3.05, 3.63) is 42.5 Å². The van der Waals surface area contributed by atoms with Crippen LogP contribution in [0.15, 0.2) is 41.9 Å². The van der Waals surface area contributed by atoms with Crippen LogP contribution in [0.5, 0.6) is 5.75 Å². The molecule has 0 spiro atoms. The first kappa shape index (κ1) is 20.0. The van der Waals surface area contributed by atoms with Crippen LogP contribution < -0.4 is 20.1 Å². The molecule has 0 unspecified atom stereocenters. The molecule has 0 saturated carbocycles. The third kappa shape index (κ3) is 7.47. The number of nitrogens with zero attached hydrogens (tertiary/aromatic N) is 1. The van der Waals surface area contributed by atoms with Crippen molar-refractivity contribution in [2.45, 2.75) is 13.5 Å². The van der Waals surface area contributed by atoms with Gasteiger partial charge in [0.2, 0.25) is 10.0 Å². The number of hydrogen-bond donors (Lipinski definition) is 3. The predicted molar refractivity (Wildman–Crippen MR) is 97.8 cm³/mol. The molecule has 0 radical (unpaired) electrons. The van der Waals surface area contributed by atoms with E-state index in [9.17, 15) is 8.42 Å². The van der Waals surface area contributed by atoms with E-state index in [1.165, 1.54) is 0 Å². The Bertz CT molecular complexity index is 644. The second kappa shape index (κ2) is 10.7. The van der Waals surface area contributed by atoms with Crippen molar-refractivity contribution in [1.29, 1.82) is 0 Å². The number of guanidine groups is 1. The van der Waals surface area contributed by atoms with Crippen LogP contribution in [0.4, 0.5) is 0 Å². The zero-order valence-electron chi connectivity index (χ0n) is 14.2. The molecule has 1 aromatic rings. The van der Waals surface area contributed by atoms with Crippen LogP contribution in [-0.4, -0.2) is 46.9 Å². The maximum absolute atomic E-state index is 11.3. The highest BCUT2D eigenvalue weighted by atomic mass is 32.2. The molecule has 0 atom stereocenters. The summed E-state index contributed by atoms with van der Waals surface area (Å²) in [5.74, 6) is 1.45. The van der Waals surface area contributed by atoms with Gasteiger partial charge in [-0.15, -0.1) is 0 Å². The maximum atomic E-state index is 11.3. The van der Waals surface area contributed by atoms with Crippen molar-refractivity contribution < 1.29 is 13.2 Å². The van der Waals surface area contributed by atoms with Gasteiger partial charge in [0.1, 0.15) is 12.4 Å². The number of benzene rings is 1. The Hall–Kier alpha value is -2.06. The molecule has 3 N–H and O–H groups in total. The first-order valence-corrected chi connectivity index (χ1v) is 9.41. The number of sulfonamides is 1. The van der Waals surface area contributed by atoms with Crippen LogP contribution in [0.3, 0.4) is 0 Å². The zero-order valence-corrected chi connectivity index (χ0v) is 15.0. The molecule has 0 aromatic heterocycles. The third-order valence-corrected chi connectivity index (χ3v) is 4.52. The lowest BCUT2D eigenvalue weighted by molar-refractivity contribution is 0.358. The summed E-state index contributed by atoms with van der Waals surface area (Å²) in [5.41, 5.74) is 0.994. The smallest absolute Gasteiger partial charge is 0.211 e. The van der Waals surface area contributed by atoms with Crippen LogP contribution in [0.25, 0.3) is 0 Å². The molecule has 134 valence electrons. The largest absolute Gasteiger partial charge is 0.489 e. The molecule has 8 heteroatoms. The highest BCUT2D eigenvalue weighted by Crippen LogP contribution is 2.17. The highest BCUT2D eigenvalue weighted by molar-refractivity contribution is 7.89. The van der Waals surface area contributed by atoms with Gasteiger partial charge in [0.05, 0.1) is 5.75 Å². The van der Waals surface area contributed by atoms with E-state index in [0.717, 1.165) is 11.3 Å². The second-order valence-electron chi connectivity index (χ2n) is 4.86. The Labute approximate surface area is 144 Å². The first-order chi connectivity index (χ1) is 11.5. The lowest BCUT2D eigenvalue weighted by atomic mass is 10.2. The van der Waals surface area contributed by atoms with E-state index in [-0.39, 0.29) is 5.75 Å². The highest BCUT2D eigenvalue weighted by Gasteiger charge is 2.06. The Morgan fingerprint density at radius 3 is 2.71 bits per heavy atom. The molecule has 0 bridgehead atoms. The zero-order chi connectivity index (χ0) is 17.8. The van der Waals surface area contributed by atoms with E-state index in [0.29, 0.717) is 32.2 Å². The SMILES string of the molecule is C=CCOc1ccccc1CNC(=NC)NCCNS(=O)(=O)CC. The van der Waals surface area contributed by atoms with Gasteiger partial charge in [-0.05, 0) is 13.0 Å². The molecule has 0 saturated heterocycles. The van der Waals surface area contributed by atoms with E-state index in [4.69, 9.17) is 4.74 Å². The number of aliphatic imine (C=N–C) groups is 1. The molecule has 0 aliphatic carbocycles. The number of ether oxygens (including phenoxy) is 1. The van der Waals surface area contributed by atoms with Crippen LogP contribution in [0.2, 0.25) is 0 Å². The number of nitrogens with one attached hydrogen (secondary N) is 3. The van der Waals surface area contributed by atoms with Crippen molar-refractivity contribution in [2.24, 2.45) is 4.99 Å². The van der Waals surface area contributed by atoms with Crippen LogP contribution in [-0.2, 0) is 16.6 Å². The Balaban J connectivity index is 2.46. The molecular weight excluding hydrogens is 328 g/mol. The summed E-state index contributed by atoms with van der Waals surface area (Å²) in [6.07, 6.45) is 1.70. The Kier molecular flexibility index (Phi) is 8.88. The molecule has 7 nitrogen and oxygen atoms in total. The quantitative estimate of drug-likeness (QED) is 0.251. The molecule has 0 amide bonds. The number of para-hydroxylation sites is 1. The van der Waals surface area contributed by atoms with Gasteiger partial charge in [0.25, 0.3) is 0 Å². The molecule has 24 heavy (non-hydrogen) atoms. The summed E-state index contributed by atoms with van der Waals surface area (Å²) < 4.78 is 30.8. The summed E-state index contributed by atoms with van der Waals surface area (Å²) >= 11 is 0. The van der Waals surface area contributed by atoms with Gasteiger partial charge < -0.3 is 15.4 Å². The lowest BCUT2D eigenvalue weighted by Gasteiger charge is -2.14. The average Bonchev–Trinajstić information content (AvgIpc) is 2.60. The number of rotatable bonds is 10. The minimum absolute atomic E-state index is 0.0709. The van der Waals surface area contributed by atoms with Crippen LogP contribution >= 0.6 is 0 Å². The standard InChI is InChI=1S/C16H26N4O3S/c1-4-12-23-15-9-7-6-8-14(15)13-19-16(17-3)18-10-11-20-24(21,22)5-2/h4,6-9,20H,1,5,10-13H2,2-3H3,(H2,17,18,19). The normalized spacial score (nSPS) is 11.8. The summed E-state index contributed by atoms with van der Waals surface area (Å²) in [5, 5.41) is 6.22. The van der Waals surface area contributed by atoms with Gasteiger partial charge in [0.15, 0.2) is 5.96 Å². The fourth-order valence-electron chi connectivity index (χ4n) is 1.83. The summed E-state index contributed by atoms with van der Waals surface area (Å²) in [7, 11) is -1.51. The van der Waals surface area contributed by atoms with E-state index in [2.05, 4.69) is 26.9 Å². The van der Waals surface area contributed by atoms with E-state index < -0.39 is 10.0 Å². The van der Waals surface area contributed by atoms with E-state index in [1.807, 2.05) is 24.3 Å². The lowest BCUT2D eigenvalue weighted by Crippen LogP contribution is -2.41. The van der Waals surface area contributed by atoms with Gasteiger partial charge in [-0.2, -0.15) is 0 Å². The fourth-order valence-corrected chi connectivity index (χ4v) is 2.45. The summed E-state index contributed by atoms with van der Waals surface area (Å²) in [6.45, 7) is 6.96. The van der Waals surface area contributed by atoms with Gasteiger partial charge in [0, 0.05) is 32.2 Å². The molecule has 0 heterocycles. The maximum Gasteiger partial charge on any atom is 0.211 e. The third-order valence-electron chi connectivity index (χ3n) is 3.12. The molecule has 1 aromatic carbocycles. The topological polar surface area (TPSA) is 91.8 Å². The van der Waals surface area contributed by atoms with Crippen molar-refractivity contribution >= 4 is 16.0 Å². The minimum atomic E-state index is -3.17. The van der Waals surface area contributed by atoms with E-state index >= 15 is 0 Å². The summed E-state index contributed by atoms with van der Waals surface area (Å²) in [6, 6.07) is 7.71.